The van der Waals surface area contributed by atoms with Crippen molar-refractivity contribution in [2.75, 3.05) is 6.54 Å². The van der Waals surface area contributed by atoms with Gasteiger partial charge in [-0.1, -0.05) is 13.8 Å². The monoisotopic (exact) mass is 473 g/mol. The van der Waals surface area contributed by atoms with Crippen LogP contribution in [-0.2, 0) is 24.0 Å². The Labute approximate surface area is 191 Å². The molecule has 0 spiro atoms. The van der Waals surface area contributed by atoms with Gasteiger partial charge in [-0.15, -0.1) is 0 Å². The first-order valence-electron chi connectivity index (χ1n) is 10.4. The van der Waals surface area contributed by atoms with Crippen LogP contribution in [-0.4, -0.2) is 76.5 Å². The van der Waals surface area contributed by atoms with Crippen molar-refractivity contribution in [3.63, 3.8) is 0 Å². The Morgan fingerprint density at radius 1 is 0.879 bits per heavy atom. The molecule has 14 heteroatoms. The van der Waals surface area contributed by atoms with Crippen molar-refractivity contribution < 1.29 is 34.2 Å². The molecule has 0 saturated heterocycles. The number of amides is 3. The summed E-state index contributed by atoms with van der Waals surface area (Å²) >= 11 is 0. The fourth-order valence-electron chi connectivity index (χ4n) is 2.68. The van der Waals surface area contributed by atoms with Gasteiger partial charge in [-0.05, 0) is 32.1 Å². The summed E-state index contributed by atoms with van der Waals surface area (Å²) in [5.74, 6) is -5.25. The van der Waals surface area contributed by atoms with Crippen molar-refractivity contribution in [1.82, 2.24) is 16.0 Å². The Morgan fingerprint density at radius 2 is 1.45 bits per heavy atom. The molecule has 14 nitrogen and oxygen atoms in total. The lowest BCUT2D eigenvalue weighted by Gasteiger charge is -2.23. The van der Waals surface area contributed by atoms with E-state index in [0.717, 1.165) is 0 Å². The molecule has 4 unspecified atom stereocenters. The van der Waals surface area contributed by atoms with Gasteiger partial charge in [-0.3, -0.25) is 24.2 Å². The number of carbonyl (C=O) groups is 5. The molecule has 3 amide bonds. The zero-order chi connectivity index (χ0) is 25.7. The summed E-state index contributed by atoms with van der Waals surface area (Å²) in [5.41, 5.74) is 16.2. The number of aliphatic imine (C=N–C) groups is 1. The van der Waals surface area contributed by atoms with Crippen molar-refractivity contribution in [2.24, 2.45) is 28.1 Å². The standard InChI is InChI=1S/C19H35N7O7/c1-9(2)7-13(18(32)33)26-17(31)12(8-14(27)28)25-15(29)10(3)24-16(30)11(20)5-4-6-23-19(21)22/h9-13H,4-8,20H2,1-3H3,(H,24,30)(H,25,29)(H,26,31)(H,27,28)(H,32,33)(H4,21,22,23). The van der Waals surface area contributed by atoms with Gasteiger partial charge in [0.15, 0.2) is 5.96 Å². The second kappa shape index (κ2) is 14.6. The fourth-order valence-corrected chi connectivity index (χ4v) is 2.68. The Balaban J connectivity index is 5.00. The van der Waals surface area contributed by atoms with Gasteiger partial charge in [0.05, 0.1) is 12.5 Å². The lowest BCUT2D eigenvalue weighted by molar-refractivity contribution is -0.144. The van der Waals surface area contributed by atoms with Crippen LogP contribution in [0.2, 0.25) is 0 Å². The molecule has 0 aliphatic rings. The number of nitrogens with two attached hydrogens (primary N) is 3. The number of nitrogens with one attached hydrogen (secondary N) is 3. The third-order valence-corrected chi connectivity index (χ3v) is 4.39. The zero-order valence-electron chi connectivity index (χ0n) is 19.0. The summed E-state index contributed by atoms with van der Waals surface area (Å²) in [5, 5.41) is 25.2. The van der Waals surface area contributed by atoms with Crippen LogP contribution in [0.15, 0.2) is 4.99 Å². The third-order valence-electron chi connectivity index (χ3n) is 4.39. The lowest BCUT2D eigenvalue weighted by Crippen LogP contribution is -2.56. The Hall–Kier alpha value is -3.42. The molecule has 4 atom stereocenters. The molecular weight excluding hydrogens is 438 g/mol. The number of carboxylic acid groups (broad SMARTS) is 2. The van der Waals surface area contributed by atoms with Crippen LogP contribution in [0, 0.1) is 5.92 Å². The second-order valence-electron chi connectivity index (χ2n) is 7.97. The molecule has 0 aromatic carbocycles. The second-order valence-corrected chi connectivity index (χ2v) is 7.97. The molecule has 0 aromatic rings. The summed E-state index contributed by atoms with van der Waals surface area (Å²) in [4.78, 5) is 63.3. The van der Waals surface area contributed by atoms with E-state index in [-0.39, 0.29) is 31.3 Å². The van der Waals surface area contributed by atoms with E-state index in [2.05, 4.69) is 20.9 Å². The van der Waals surface area contributed by atoms with E-state index in [9.17, 15) is 29.1 Å². The molecule has 188 valence electrons. The first kappa shape index (κ1) is 29.6. The Morgan fingerprint density at radius 3 is 1.94 bits per heavy atom. The van der Waals surface area contributed by atoms with E-state index in [1.165, 1.54) is 6.92 Å². The number of guanidine groups is 1. The van der Waals surface area contributed by atoms with Crippen LogP contribution in [0.25, 0.3) is 0 Å². The molecule has 0 heterocycles. The quantitative estimate of drug-likeness (QED) is 0.0701. The van der Waals surface area contributed by atoms with Crippen molar-refractivity contribution in [3.8, 4) is 0 Å². The minimum absolute atomic E-state index is 0.0576. The minimum atomic E-state index is -1.54. The number of carboxylic acids is 2. The highest BCUT2D eigenvalue weighted by Crippen LogP contribution is 2.06. The van der Waals surface area contributed by atoms with Crippen LogP contribution >= 0.6 is 0 Å². The molecule has 11 N–H and O–H groups in total. The molecule has 0 aromatic heterocycles. The molecule has 0 bridgehead atoms. The van der Waals surface area contributed by atoms with E-state index in [1.807, 2.05) is 0 Å². The van der Waals surface area contributed by atoms with Crippen LogP contribution in [0.3, 0.4) is 0 Å². The topological polar surface area (TPSA) is 252 Å². The van der Waals surface area contributed by atoms with Gasteiger partial charge in [0.25, 0.3) is 0 Å². The van der Waals surface area contributed by atoms with E-state index in [0.29, 0.717) is 6.42 Å². The van der Waals surface area contributed by atoms with E-state index >= 15 is 0 Å². The third kappa shape index (κ3) is 12.9. The van der Waals surface area contributed by atoms with Crippen molar-refractivity contribution in [2.45, 2.75) is 70.6 Å². The maximum atomic E-state index is 12.5. The predicted octanol–water partition coefficient (Wildman–Crippen LogP) is -2.55. The largest absolute Gasteiger partial charge is 0.481 e. The molecule has 0 radical (unpaired) electrons. The van der Waals surface area contributed by atoms with Crippen LogP contribution in [0.4, 0.5) is 0 Å². The van der Waals surface area contributed by atoms with Gasteiger partial charge in [0.2, 0.25) is 17.7 Å². The van der Waals surface area contributed by atoms with Crippen LogP contribution < -0.4 is 33.2 Å². The molecule has 0 fully saturated rings. The number of rotatable bonds is 15. The molecule has 0 rings (SSSR count). The Bertz CT molecular complexity index is 738. The highest BCUT2D eigenvalue weighted by molar-refractivity contribution is 5.95. The minimum Gasteiger partial charge on any atom is -0.481 e. The number of aliphatic carboxylic acids is 2. The SMILES string of the molecule is CC(C)CC(NC(=O)C(CC(=O)O)NC(=O)C(C)NC(=O)C(N)CCCN=C(N)N)C(=O)O. The van der Waals surface area contributed by atoms with Crippen LogP contribution in [0.1, 0.15) is 46.5 Å². The zero-order valence-corrected chi connectivity index (χ0v) is 19.0. The fraction of sp³-hybridized carbons (Fsp3) is 0.684. The number of hydrogen-bond donors (Lipinski definition) is 8. The molecule has 0 aliphatic carbocycles. The van der Waals surface area contributed by atoms with Crippen molar-refractivity contribution >= 4 is 35.6 Å². The molecule has 0 aliphatic heterocycles. The summed E-state index contributed by atoms with van der Waals surface area (Å²) in [6.07, 6.45) is 0.00136. The number of carbonyl (C=O) groups excluding carboxylic acids is 3. The Kier molecular flexibility index (Phi) is 13.1. The average molecular weight is 474 g/mol. The highest BCUT2D eigenvalue weighted by atomic mass is 16.4. The smallest absolute Gasteiger partial charge is 0.326 e. The van der Waals surface area contributed by atoms with Crippen molar-refractivity contribution in [3.05, 3.63) is 0 Å². The molecule has 0 saturated carbocycles. The average Bonchev–Trinajstić information content (AvgIpc) is 2.68. The van der Waals surface area contributed by atoms with E-state index in [4.69, 9.17) is 22.3 Å². The van der Waals surface area contributed by atoms with E-state index in [1.54, 1.807) is 13.8 Å². The summed E-state index contributed by atoms with van der Waals surface area (Å²) in [6, 6.07) is -4.88. The first-order chi connectivity index (χ1) is 15.2. The van der Waals surface area contributed by atoms with Crippen LogP contribution in [0.5, 0.6) is 0 Å². The molecule has 33 heavy (non-hydrogen) atoms. The van der Waals surface area contributed by atoms with Crippen molar-refractivity contribution in [1.29, 1.82) is 0 Å². The summed E-state index contributed by atoms with van der Waals surface area (Å²) < 4.78 is 0. The van der Waals surface area contributed by atoms with Gasteiger partial charge in [-0.25, -0.2) is 4.79 Å². The summed E-state index contributed by atoms with van der Waals surface area (Å²) in [6.45, 7) is 5.12. The van der Waals surface area contributed by atoms with Gasteiger partial charge >= 0.3 is 11.9 Å². The highest BCUT2D eigenvalue weighted by Gasteiger charge is 2.30. The maximum Gasteiger partial charge on any atom is 0.326 e. The predicted molar refractivity (Wildman–Crippen MR) is 119 cm³/mol. The number of nitrogens with zero attached hydrogens (tertiary/aromatic N) is 1. The van der Waals surface area contributed by atoms with E-state index < -0.39 is 60.2 Å². The first-order valence-corrected chi connectivity index (χ1v) is 10.4. The maximum absolute atomic E-state index is 12.5. The number of hydrogen-bond acceptors (Lipinski definition) is 7. The lowest BCUT2D eigenvalue weighted by atomic mass is 10.0. The molecular formula is C19H35N7O7. The van der Waals surface area contributed by atoms with Gasteiger partial charge in [0, 0.05) is 6.54 Å². The normalized spacial score (nSPS) is 14.3. The van der Waals surface area contributed by atoms with Gasteiger partial charge in [-0.2, -0.15) is 0 Å². The van der Waals surface area contributed by atoms with Gasteiger partial charge < -0.3 is 43.4 Å². The summed E-state index contributed by atoms with van der Waals surface area (Å²) in [7, 11) is 0. The van der Waals surface area contributed by atoms with Gasteiger partial charge in [0.1, 0.15) is 18.1 Å².